The molecular weight excluding hydrogens is 376 g/mol. The highest BCUT2D eigenvalue weighted by Crippen LogP contribution is 2.38. The number of aryl methyl sites for hydroxylation is 3. The number of allylic oxidation sites excluding steroid dienone is 1. The Morgan fingerprint density at radius 1 is 1.23 bits per heavy atom. The summed E-state index contributed by atoms with van der Waals surface area (Å²) >= 11 is 0. The van der Waals surface area contributed by atoms with E-state index in [-0.39, 0.29) is 11.9 Å². The number of methoxy groups -OCH3 is 1. The normalized spacial score (nSPS) is 13.2. The molecule has 5 nitrogen and oxygen atoms in total. The molecule has 2 aromatic rings. The molecule has 1 unspecified atom stereocenters. The number of fused-ring (bicyclic) bond motifs is 1. The van der Waals surface area contributed by atoms with Crippen LogP contribution in [0, 0.1) is 20.8 Å². The van der Waals surface area contributed by atoms with Crippen molar-refractivity contribution in [2.45, 2.75) is 67.3 Å². The Labute approximate surface area is 181 Å². The highest BCUT2D eigenvalue weighted by molar-refractivity contribution is 5.98. The predicted octanol–water partition coefficient (Wildman–Crippen LogP) is 5.40. The Hall–Kier alpha value is -2.27. The lowest BCUT2D eigenvalue weighted by Crippen LogP contribution is -2.32. The summed E-state index contributed by atoms with van der Waals surface area (Å²) in [6.45, 7) is 17.6. The van der Waals surface area contributed by atoms with Crippen LogP contribution in [-0.2, 0) is 4.79 Å². The second kappa shape index (κ2) is 10.7. The van der Waals surface area contributed by atoms with Gasteiger partial charge in [0.15, 0.2) is 0 Å². The van der Waals surface area contributed by atoms with Gasteiger partial charge in [-0.25, -0.2) is 0 Å². The molecule has 30 heavy (non-hydrogen) atoms. The number of ether oxygens (including phenoxy) is 1. The number of hydrogen-bond donors (Lipinski definition) is 1. The molecule has 0 aliphatic rings. The molecule has 0 saturated heterocycles. The molecule has 1 N–H and O–H groups in total. The first-order valence-electron chi connectivity index (χ1n) is 11.0. The topological polar surface area (TPSA) is 54.7 Å². The fourth-order valence-electron chi connectivity index (χ4n) is 3.96. The zero-order valence-electron chi connectivity index (χ0n) is 19.9. The largest absolute Gasteiger partial charge is 0.496 e. The van der Waals surface area contributed by atoms with Crippen molar-refractivity contribution < 1.29 is 13.9 Å². The molecule has 1 amide bonds. The Kier molecular flexibility index (Phi) is 8.54. The van der Waals surface area contributed by atoms with Crippen LogP contribution in [0.15, 0.2) is 16.6 Å². The number of carbonyl (C=O) groups excluding carboxylic acids is 1. The highest BCUT2D eigenvalue weighted by atomic mass is 16.5. The highest BCUT2D eigenvalue weighted by Gasteiger charge is 2.18. The number of nitrogens with zero attached hydrogens (tertiary/aromatic N) is 1. The van der Waals surface area contributed by atoms with E-state index in [2.05, 4.69) is 44.0 Å². The smallest absolute Gasteiger partial charge is 0.244 e. The molecule has 0 radical (unpaired) electrons. The summed E-state index contributed by atoms with van der Waals surface area (Å²) in [5, 5.41) is 4.17. The standard InChI is InChI=1S/C25H38N2O3/c1-9-27(10-2)13-11-12-17(4)26-23(28)14-16(3)21-15-22-18(5)20(7)30-25(22)19(6)24(21)29-8/h14-15,17H,9-13H2,1-8H3,(H,26,28)/b16-14+. The molecule has 1 atom stereocenters. The molecule has 5 heteroatoms. The van der Waals surface area contributed by atoms with Crippen LogP contribution in [0.4, 0.5) is 0 Å². The molecule has 1 aromatic heterocycles. The van der Waals surface area contributed by atoms with Crippen molar-refractivity contribution in [1.82, 2.24) is 10.2 Å². The lowest BCUT2D eigenvalue weighted by atomic mass is 9.98. The molecule has 0 aliphatic heterocycles. The van der Waals surface area contributed by atoms with Crippen LogP contribution in [-0.4, -0.2) is 43.6 Å². The second-order valence-electron chi connectivity index (χ2n) is 8.15. The van der Waals surface area contributed by atoms with Crippen LogP contribution in [0.5, 0.6) is 5.75 Å². The molecule has 166 valence electrons. The molecule has 0 bridgehead atoms. The van der Waals surface area contributed by atoms with E-state index in [9.17, 15) is 4.79 Å². The number of nitrogens with one attached hydrogen (secondary N) is 1. The van der Waals surface area contributed by atoms with Crippen LogP contribution in [0.1, 0.15) is 63.0 Å². The number of amides is 1. The average molecular weight is 415 g/mol. The van der Waals surface area contributed by atoms with Gasteiger partial charge in [-0.2, -0.15) is 0 Å². The van der Waals surface area contributed by atoms with Gasteiger partial charge in [-0.3, -0.25) is 4.79 Å². The van der Waals surface area contributed by atoms with Crippen LogP contribution in [0.2, 0.25) is 0 Å². The lowest BCUT2D eigenvalue weighted by molar-refractivity contribution is -0.117. The first kappa shape index (κ1) is 24.0. The lowest BCUT2D eigenvalue weighted by Gasteiger charge is -2.19. The zero-order valence-corrected chi connectivity index (χ0v) is 19.9. The number of furan rings is 1. The van der Waals surface area contributed by atoms with E-state index in [1.165, 1.54) is 0 Å². The van der Waals surface area contributed by atoms with Crippen molar-refractivity contribution in [3.8, 4) is 5.75 Å². The number of rotatable bonds is 10. The fraction of sp³-hybridized carbons (Fsp3) is 0.560. The maximum absolute atomic E-state index is 12.6. The SMILES string of the molecule is CCN(CC)CCCC(C)NC(=O)/C=C(\C)c1cc2c(C)c(C)oc2c(C)c1OC. The van der Waals surface area contributed by atoms with E-state index < -0.39 is 0 Å². The Morgan fingerprint density at radius 3 is 2.50 bits per heavy atom. The van der Waals surface area contributed by atoms with Gasteiger partial charge in [0.05, 0.1) is 7.11 Å². The van der Waals surface area contributed by atoms with Gasteiger partial charge in [0.25, 0.3) is 0 Å². The molecule has 1 heterocycles. The second-order valence-corrected chi connectivity index (χ2v) is 8.15. The molecule has 0 aliphatic carbocycles. The Balaban J connectivity index is 2.15. The third-order valence-corrected chi connectivity index (χ3v) is 6.02. The van der Waals surface area contributed by atoms with Crippen molar-refractivity contribution in [3.05, 3.63) is 34.6 Å². The summed E-state index contributed by atoms with van der Waals surface area (Å²) in [4.78, 5) is 15.0. The van der Waals surface area contributed by atoms with Crippen molar-refractivity contribution in [3.63, 3.8) is 0 Å². The number of benzene rings is 1. The maximum Gasteiger partial charge on any atom is 0.244 e. The number of hydrogen-bond acceptors (Lipinski definition) is 4. The first-order chi connectivity index (χ1) is 14.2. The van der Waals surface area contributed by atoms with E-state index in [4.69, 9.17) is 9.15 Å². The molecule has 1 aromatic carbocycles. The van der Waals surface area contributed by atoms with Gasteiger partial charge >= 0.3 is 0 Å². The van der Waals surface area contributed by atoms with Crippen molar-refractivity contribution >= 4 is 22.4 Å². The van der Waals surface area contributed by atoms with Gasteiger partial charge in [0.1, 0.15) is 17.1 Å². The minimum atomic E-state index is -0.0669. The molecule has 0 spiro atoms. The Morgan fingerprint density at radius 2 is 1.90 bits per heavy atom. The summed E-state index contributed by atoms with van der Waals surface area (Å²) in [6.07, 6.45) is 3.72. The fourth-order valence-corrected chi connectivity index (χ4v) is 3.96. The van der Waals surface area contributed by atoms with Gasteiger partial charge in [-0.05, 0) is 84.3 Å². The summed E-state index contributed by atoms with van der Waals surface area (Å²) < 4.78 is 11.6. The van der Waals surface area contributed by atoms with Crippen molar-refractivity contribution in [1.29, 1.82) is 0 Å². The zero-order chi connectivity index (χ0) is 22.4. The van der Waals surface area contributed by atoms with Gasteiger partial charge in [0.2, 0.25) is 5.91 Å². The quantitative estimate of drug-likeness (QED) is 0.529. The van der Waals surface area contributed by atoms with Gasteiger partial charge < -0.3 is 19.4 Å². The van der Waals surface area contributed by atoms with Crippen molar-refractivity contribution in [2.24, 2.45) is 0 Å². The molecular formula is C25H38N2O3. The van der Waals surface area contributed by atoms with Gasteiger partial charge in [0, 0.05) is 28.6 Å². The van der Waals surface area contributed by atoms with Crippen molar-refractivity contribution in [2.75, 3.05) is 26.7 Å². The van der Waals surface area contributed by atoms with Crippen LogP contribution in [0.3, 0.4) is 0 Å². The van der Waals surface area contributed by atoms with Gasteiger partial charge in [-0.1, -0.05) is 13.8 Å². The summed E-state index contributed by atoms with van der Waals surface area (Å²) in [7, 11) is 1.66. The molecule has 0 fully saturated rings. The molecule has 0 saturated carbocycles. The van der Waals surface area contributed by atoms with E-state index in [0.717, 1.165) is 77.2 Å². The van der Waals surface area contributed by atoms with E-state index in [1.807, 2.05) is 20.8 Å². The summed E-state index contributed by atoms with van der Waals surface area (Å²) in [5.74, 6) is 1.60. The predicted molar refractivity (Wildman–Crippen MR) is 125 cm³/mol. The van der Waals surface area contributed by atoms with E-state index in [1.54, 1.807) is 13.2 Å². The third kappa shape index (κ3) is 5.45. The van der Waals surface area contributed by atoms with E-state index >= 15 is 0 Å². The summed E-state index contributed by atoms with van der Waals surface area (Å²) in [5.41, 5.74) is 4.73. The monoisotopic (exact) mass is 414 g/mol. The third-order valence-electron chi connectivity index (χ3n) is 6.02. The minimum absolute atomic E-state index is 0.0669. The summed E-state index contributed by atoms with van der Waals surface area (Å²) in [6, 6.07) is 2.21. The maximum atomic E-state index is 12.6. The average Bonchev–Trinajstić information content (AvgIpc) is 2.99. The Bertz CT molecular complexity index is 907. The molecule has 2 rings (SSSR count). The van der Waals surface area contributed by atoms with Crippen LogP contribution < -0.4 is 10.1 Å². The first-order valence-corrected chi connectivity index (χ1v) is 11.0. The van der Waals surface area contributed by atoms with E-state index in [0.29, 0.717) is 0 Å². The van der Waals surface area contributed by atoms with Crippen LogP contribution in [0.25, 0.3) is 16.5 Å². The minimum Gasteiger partial charge on any atom is -0.496 e. The van der Waals surface area contributed by atoms with Gasteiger partial charge in [-0.15, -0.1) is 0 Å². The number of carbonyl (C=O) groups is 1. The van der Waals surface area contributed by atoms with Crippen LogP contribution >= 0.6 is 0 Å².